The molecule has 0 saturated carbocycles. The number of anilines is 1. The van der Waals surface area contributed by atoms with Crippen LogP contribution in [0.3, 0.4) is 0 Å². The predicted octanol–water partition coefficient (Wildman–Crippen LogP) is 6.37. The van der Waals surface area contributed by atoms with Crippen molar-refractivity contribution < 1.29 is 9.59 Å². The molecule has 3 aromatic carbocycles. The molecule has 5 heteroatoms. The van der Waals surface area contributed by atoms with E-state index in [9.17, 15) is 9.59 Å². The minimum Gasteiger partial charge on any atom is -0.334 e. The van der Waals surface area contributed by atoms with E-state index in [0.717, 1.165) is 36.1 Å². The Hall–Kier alpha value is -3.44. The Bertz CT molecular complexity index is 1340. The van der Waals surface area contributed by atoms with E-state index in [-0.39, 0.29) is 17.9 Å². The lowest BCUT2D eigenvalue weighted by molar-refractivity contribution is -0.135. The molecule has 2 amide bonds. The van der Waals surface area contributed by atoms with Gasteiger partial charge in [-0.3, -0.25) is 9.59 Å². The quantitative estimate of drug-likeness (QED) is 0.344. The Balaban J connectivity index is 1.73. The monoisotopic (exact) mass is 539 g/mol. The van der Waals surface area contributed by atoms with E-state index in [0.29, 0.717) is 25.9 Å². The molecule has 5 nitrogen and oxygen atoms in total. The van der Waals surface area contributed by atoms with Crippen LogP contribution in [0.25, 0.3) is 0 Å². The lowest BCUT2D eigenvalue weighted by atomic mass is 9.87. The average molecular weight is 540 g/mol. The number of fused-ring (bicyclic) bond motifs is 1. The summed E-state index contributed by atoms with van der Waals surface area (Å²) in [4.78, 5) is 30.7. The maximum absolute atomic E-state index is 14.0. The number of carbonyl (C=O) groups excluding carboxylic acids is 2. The van der Waals surface area contributed by atoms with Gasteiger partial charge < -0.3 is 15.5 Å². The van der Waals surface area contributed by atoms with Crippen molar-refractivity contribution in [3.8, 4) is 0 Å². The molecular formula is C35H45N3O2. The van der Waals surface area contributed by atoms with Gasteiger partial charge in [-0.05, 0) is 92.3 Å². The Labute approximate surface area is 240 Å². The zero-order valence-corrected chi connectivity index (χ0v) is 25.1. The average Bonchev–Trinajstić information content (AvgIpc) is 2.91. The highest BCUT2D eigenvalue weighted by Gasteiger charge is 2.36. The van der Waals surface area contributed by atoms with E-state index in [2.05, 4.69) is 76.2 Å². The standard InChI is InChI=1S/C35H45N3O2/c1-7-12-29-20-28(19-27-13-10-9-11-14-27)21-31-33(15-16-38(26(6)39)34(29)31)37(8-2)35(40)32(36)22-30-24(4)17-23(3)18-25(30)5/h9-11,13-14,17-18,20-21,32-33H,7-8,12,15-16,19,22,36H2,1-6H3. The van der Waals surface area contributed by atoms with Crippen LogP contribution in [0.1, 0.15) is 84.2 Å². The first kappa shape index (κ1) is 29.5. The topological polar surface area (TPSA) is 66.6 Å². The molecule has 0 saturated heterocycles. The molecule has 2 atom stereocenters. The van der Waals surface area contributed by atoms with Crippen molar-refractivity contribution in [3.63, 3.8) is 0 Å². The van der Waals surface area contributed by atoms with Crippen LogP contribution in [-0.4, -0.2) is 35.8 Å². The molecule has 0 spiro atoms. The molecule has 40 heavy (non-hydrogen) atoms. The normalized spacial score (nSPS) is 15.5. The predicted molar refractivity (Wildman–Crippen MR) is 165 cm³/mol. The van der Waals surface area contributed by atoms with Crippen LogP contribution in [0.5, 0.6) is 0 Å². The van der Waals surface area contributed by atoms with Crippen molar-refractivity contribution in [2.75, 3.05) is 18.0 Å². The minimum atomic E-state index is -0.628. The molecule has 0 aliphatic carbocycles. The SMILES string of the molecule is CCCc1cc(Cc2ccccc2)cc2c1N(C(C)=O)CCC2N(CC)C(=O)C(N)Cc1c(C)cc(C)cc1C. The number of nitrogens with zero attached hydrogens (tertiary/aromatic N) is 2. The second-order valence-electron chi connectivity index (χ2n) is 11.4. The molecule has 0 aromatic heterocycles. The van der Waals surface area contributed by atoms with E-state index in [4.69, 9.17) is 5.73 Å². The van der Waals surface area contributed by atoms with Crippen LogP contribution >= 0.6 is 0 Å². The number of hydrogen-bond donors (Lipinski definition) is 1. The second-order valence-corrected chi connectivity index (χ2v) is 11.4. The molecule has 0 bridgehead atoms. The van der Waals surface area contributed by atoms with Crippen molar-refractivity contribution in [2.24, 2.45) is 5.73 Å². The van der Waals surface area contributed by atoms with Gasteiger partial charge in [0.25, 0.3) is 0 Å². The molecular weight excluding hydrogens is 494 g/mol. The first-order chi connectivity index (χ1) is 19.1. The molecule has 2 N–H and O–H groups in total. The summed E-state index contributed by atoms with van der Waals surface area (Å²) in [5.74, 6) is 0.0175. The number of rotatable bonds is 9. The van der Waals surface area contributed by atoms with Gasteiger partial charge in [0.15, 0.2) is 0 Å². The number of hydrogen-bond acceptors (Lipinski definition) is 3. The van der Waals surface area contributed by atoms with E-state index < -0.39 is 6.04 Å². The molecule has 1 aliphatic heterocycles. The van der Waals surface area contributed by atoms with Gasteiger partial charge in [0, 0.05) is 20.0 Å². The largest absolute Gasteiger partial charge is 0.334 e. The Kier molecular flexibility index (Phi) is 9.47. The molecule has 212 valence electrons. The van der Waals surface area contributed by atoms with Gasteiger partial charge >= 0.3 is 0 Å². The van der Waals surface area contributed by atoms with Gasteiger partial charge in [0.05, 0.1) is 17.8 Å². The first-order valence-corrected chi connectivity index (χ1v) is 14.7. The number of amides is 2. The summed E-state index contributed by atoms with van der Waals surface area (Å²) < 4.78 is 0. The third-order valence-electron chi connectivity index (χ3n) is 8.27. The van der Waals surface area contributed by atoms with Crippen molar-refractivity contribution in [1.82, 2.24) is 4.90 Å². The van der Waals surface area contributed by atoms with Crippen LogP contribution in [0, 0.1) is 20.8 Å². The molecule has 4 rings (SSSR count). The molecule has 0 radical (unpaired) electrons. The second kappa shape index (κ2) is 12.8. The highest BCUT2D eigenvalue weighted by molar-refractivity contribution is 5.94. The maximum atomic E-state index is 14.0. The molecule has 0 fully saturated rings. The minimum absolute atomic E-state index is 0.0281. The van der Waals surface area contributed by atoms with E-state index >= 15 is 0 Å². The highest BCUT2D eigenvalue weighted by Crippen LogP contribution is 2.42. The van der Waals surface area contributed by atoms with Crippen LogP contribution in [0.15, 0.2) is 54.6 Å². The van der Waals surface area contributed by atoms with Crippen molar-refractivity contribution in [3.05, 3.63) is 99.1 Å². The van der Waals surface area contributed by atoms with Gasteiger partial charge in [-0.25, -0.2) is 0 Å². The number of nitrogens with two attached hydrogens (primary N) is 1. The summed E-state index contributed by atoms with van der Waals surface area (Å²) in [6, 6.07) is 18.5. The maximum Gasteiger partial charge on any atom is 0.240 e. The molecule has 1 heterocycles. The summed E-state index contributed by atoms with van der Waals surface area (Å²) >= 11 is 0. The summed E-state index contributed by atoms with van der Waals surface area (Å²) in [7, 11) is 0. The van der Waals surface area contributed by atoms with Gasteiger partial charge in [-0.1, -0.05) is 73.5 Å². The van der Waals surface area contributed by atoms with Crippen molar-refractivity contribution >= 4 is 17.5 Å². The third kappa shape index (κ3) is 6.31. The van der Waals surface area contributed by atoms with Gasteiger partial charge in [-0.2, -0.15) is 0 Å². The number of likely N-dealkylation sites (N-methyl/N-ethyl adjacent to an activating group) is 1. The summed E-state index contributed by atoms with van der Waals surface area (Å²) in [5, 5.41) is 0. The van der Waals surface area contributed by atoms with E-state index in [1.54, 1.807) is 6.92 Å². The van der Waals surface area contributed by atoms with Gasteiger partial charge in [0.1, 0.15) is 0 Å². The zero-order valence-electron chi connectivity index (χ0n) is 25.1. The zero-order chi connectivity index (χ0) is 29.0. The Morgan fingerprint density at radius 3 is 2.27 bits per heavy atom. The number of carbonyl (C=O) groups is 2. The molecule has 2 unspecified atom stereocenters. The van der Waals surface area contributed by atoms with Crippen LogP contribution < -0.4 is 10.6 Å². The van der Waals surface area contributed by atoms with E-state index in [1.807, 2.05) is 22.8 Å². The Morgan fingerprint density at radius 1 is 1.00 bits per heavy atom. The summed E-state index contributed by atoms with van der Waals surface area (Å²) in [5.41, 5.74) is 17.1. The fraction of sp³-hybridized carbons (Fsp3) is 0.429. The van der Waals surface area contributed by atoms with Gasteiger partial charge in [0.2, 0.25) is 11.8 Å². The number of benzene rings is 3. The third-order valence-corrected chi connectivity index (χ3v) is 8.27. The highest BCUT2D eigenvalue weighted by atomic mass is 16.2. The van der Waals surface area contributed by atoms with Crippen LogP contribution in [-0.2, 0) is 28.9 Å². The fourth-order valence-electron chi connectivity index (χ4n) is 6.50. The first-order valence-electron chi connectivity index (χ1n) is 14.7. The summed E-state index contributed by atoms with van der Waals surface area (Å²) in [6.07, 6.45) is 3.88. The van der Waals surface area contributed by atoms with Crippen LogP contribution in [0.4, 0.5) is 5.69 Å². The lowest BCUT2D eigenvalue weighted by Gasteiger charge is -2.41. The number of aryl methyl sites for hydroxylation is 4. The molecule has 3 aromatic rings. The lowest BCUT2D eigenvalue weighted by Crippen LogP contribution is -2.49. The molecule has 1 aliphatic rings. The van der Waals surface area contributed by atoms with Crippen molar-refractivity contribution in [2.45, 2.75) is 85.7 Å². The summed E-state index contributed by atoms with van der Waals surface area (Å²) in [6.45, 7) is 13.3. The van der Waals surface area contributed by atoms with Crippen molar-refractivity contribution in [1.29, 1.82) is 0 Å². The Morgan fingerprint density at radius 2 is 1.68 bits per heavy atom. The smallest absolute Gasteiger partial charge is 0.240 e. The van der Waals surface area contributed by atoms with Gasteiger partial charge in [-0.15, -0.1) is 0 Å². The van der Waals surface area contributed by atoms with Crippen LogP contribution in [0.2, 0.25) is 0 Å². The van der Waals surface area contributed by atoms with E-state index in [1.165, 1.54) is 33.4 Å². The fourth-order valence-corrected chi connectivity index (χ4v) is 6.50.